The number of hydrogen-bond acceptors (Lipinski definition) is 3. The van der Waals surface area contributed by atoms with Crippen LogP contribution in [0.25, 0.3) is 0 Å². The fraction of sp³-hybridized carbons (Fsp3) is 0.167. The molecule has 90 valence electrons. The normalized spacial score (nSPS) is 12.6. The highest BCUT2D eigenvalue weighted by molar-refractivity contribution is 14.1. The maximum atomic E-state index is 5.63. The fourth-order valence-corrected chi connectivity index (χ4v) is 2.71. The number of halogens is 2. The van der Waals surface area contributed by atoms with Crippen molar-refractivity contribution in [2.75, 3.05) is 0 Å². The van der Waals surface area contributed by atoms with Crippen LogP contribution < -0.4 is 11.3 Å². The summed E-state index contributed by atoms with van der Waals surface area (Å²) in [4.78, 5) is 0. The third-order valence-electron chi connectivity index (χ3n) is 2.52. The van der Waals surface area contributed by atoms with Crippen LogP contribution in [0, 0.1) is 3.57 Å². The van der Waals surface area contributed by atoms with Crippen LogP contribution in [0.1, 0.15) is 17.4 Å². The Bertz CT molecular complexity index is 487. The molecule has 2 aromatic rings. The van der Waals surface area contributed by atoms with Crippen molar-refractivity contribution in [3.63, 3.8) is 0 Å². The van der Waals surface area contributed by atoms with Gasteiger partial charge in [0.15, 0.2) is 0 Å². The molecule has 1 aromatic heterocycles. The molecular weight excluding hydrogens is 395 g/mol. The highest BCUT2D eigenvalue weighted by Gasteiger charge is 2.15. The van der Waals surface area contributed by atoms with Gasteiger partial charge in [-0.1, -0.05) is 15.9 Å². The minimum Gasteiger partial charge on any atom is -0.469 e. The Hall–Kier alpha value is -0.370. The highest BCUT2D eigenvalue weighted by Crippen LogP contribution is 2.27. The summed E-state index contributed by atoms with van der Waals surface area (Å²) in [5, 5.41) is 0. The summed E-state index contributed by atoms with van der Waals surface area (Å²) in [6, 6.07) is 10.1. The molecule has 1 unspecified atom stereocenters. The van der Waals surface area contributed by atoms with Crippen molar-refractivity contribution in [1.29, 1.82) is 0 Å². The van der Waals surface area contributed by atoms with E-state index in [1.807, 2.05) is 18.2 Å². The molecule has 0 aliphatic heterocycles. The molecule has 17 heavy (non-hydrogen) atoms. The van der Waals surface area contributed by atoms with Gasteiger partial charge < -0.3 is 4.42 Å². The van der Waals surface area contributed by atoms with E-state index < -0.39 is 0 Å². The first kappa shape index (κ1) is 13.1. The summed E-state index contributed by atoms with van der Waals surface area (Å²) in [7, 11) is 0. The molecule has 0 bridgehead atoms. The standard InChI is InChI=1S/C12H12BrIN2O/c13-11-4-3-8(14)6-10(11)12(16-15)7-9-2-1-5-17-9/h1-6,12,16H,7,15H2. The van der Waals surface area contributed by atoms with Crippen molar-refractivity contribution in [3.8, 4) is 0 Å². The van der Waals surface area contributed by atoms with Crippen molar-refractivity contribution in [3.05, 3.63) is 56.0 Å². The maximum Gasteiger partial charge on any atom is 0.105 e. The van der Waals surface area contributed by atoms with Crippen molar-refractivity contribution in [2.45, 2.75) is 12.5 Å². The third-order valence-corrected chi connectivity index (χ3v) is 3.91. The molecule has 2 rings (SSSR count). The van der Waals surface area contributed by atoms with Gasteiger partial charge in [-0.15, -0.1) is 0 Å². The Morgan fingerprint density at radius 1 is 1.41 bits per heavy atom. The van der Waals surface area contributed by atoms with Gasteiger partial charge in [-0.3, -0.25) is 11.3 Å². The van der Waals surface area contributed by atoms with Crippen LogP contribution >= 0.6 is 38.5 Å². The number of benzene rings is 1. The van der Waals surface area contributed by atoms with Crippen LogP contribution in [0.15, 0.2) is 45.5 Å². The van der Waals surface area contributed by atoms with Gasteiger partial charge in [0.25, 0.3) is 0 Å². The molecule has 3 N–H and O–H groups in total. The van der Waals surface area contributed by atoms with Crippen LogP contribution in [0.3, 0.4) is 0 Å². The summed E-state index contributed by atoms with van der Waals surface area (Å²) < 4.78 is 7.57. The summed E-state index contributed by atoms with van der Waals surface area (Å²) in [6.07, 6.45) is 2.40. The minimum absolute atomic E-state index is 0.0326. The first-order valence-electron chi connectivity index (χ1n) is 5.14. The molecule has 1 aromatic carbocycles. The highest BCUT2D eigenvalue weighted by atomic mass is 127. The lowest BCUT2D eigenvalue weighted by Crippen LogP contribution is -2.29. The van der Waals surface area contributed by atoms with Crippen LogP contribution in [0.2, 0.25) is 0 Å². The van der Waals surface area contributed by atoms with Gasteiger partial charge in [-0.25, -0.2) is 0 Å². The van der Waals surface area contributed by atoms with E-state index in [4.69, 9.17) is 10.3 Å². The van der Waals surface area contributed by atoms with E-state index in [9.17, 15) is 0 Å². The van der Waals surface area contributed by atoms with Gasteiger partial charge >= 0.3 is 0 Å². The molecule has 3 nitrogen and oxygen atoms in total. The first-order chi connectivity index (χ1) is 8.20. The molecule has 0 spiro atoms. The Morgan fingerprint density at radius 3 is 2.88 bits per heavy atom. The van der Waals surface area contributed by atoms with Crippen molar-refractivity contribution < 1.29 is 4.42 Å². The molecule has 5 heteroatoms. The molecule has 0 fully saturated rings. The largest absolute Gasteiger partial charge is 0.469 e. The van der Waals surface area contributed by atoms with Gasteiger partial charge in [-0.05, 0) is 58.5 Å². The first-order valence-corrected chi connectivity index (χ1v) is 7.01. The van der Waals surface area contributed by atoms with Crippen LogP contribution in [-0.2, 0) is 6.42 Å². The Balaban J connectivity index is 2.25. The lowest BCUT2D eigenvalue weighted by molar-refractivity contribution is 0.454. The Labute approximate surface area is 122 Å². The zero-order valence-corrected chi connectivity index (χ0v) is 12.7. The maximum absolute atomic E-state index is 5.63. The topological polar surface area (TPSA) is 51.2 Å². The van der Waals surface area contributed by atoms with Crippen LogP contribution in [0.4, 0.5) is 0 Å². The summed E-state index contributed by atoms with van der Waals surface area (Å²) >= 11 is 5.84. The lowest BCUT2D eigenvalue weighted by atomic mass is 10.0. The zero-order chi connectivity index (χ0) is 12.3. The molecule has 0 amide bonds. The fourth-order valence-electron chi connectivity index (χ4n) is 1.67. The molecule has 1 atom stereocenters. The molecule has 0 aliphatic carbocycles. The molecule has 0 aliphatic rings. The molecular formula is C12H12BrIN2O. The van der Waals surface area contributed by atoms with Gasteiger partial charge in [-0.2, -0.15) is 0 Å². The van der Waals surface area contributed by atoms with Crippen molar-refractivity contribution in [1.82, 2.24) is 5.43 Å². The Morgan fingerprint density at radius 2 is 2.24 bits per heavy atom. The average Bonchev–Trinajstić information content (AvgIpc) is 2.82. The second-order valence-corrected chi connectivity index (χ2v) is 5.77. The van der Waals surface area contributed by atoms with Gasteiger partial charge in [0.2, 0.25) is 0 Å². The smallest absolute Gasteiger partial charge is 0.105 e. The molecule has 0 radical (unpaired) electrons. The monoisotopic (exact) mass is 406 g/mol. The van der Waals surface area contributed by atoms with E-state index in [0.29, 0.717) is 0 Å². The molecule has 0 saturated carbocycles. The van der Waals surface area contributed by atoms with E-state index in [1.54, 1.807) is 6.26 Å². The quantitative estimate of drug-likeness (QED) is 0.464. The zero-order valence-electron chi connectivity index (χ0n) is 8.99. The lowest BCUT2D eigenvalue weighted by Gasteiger charge is -2.17. The van der Waals surface area contributed by atoms with Gasteiger partial charge in [0, 0.05) is 14.5 Å². The van der Waals surface area contributed by atoms with Crippen LogP contribution in [0.5, 0.6) is 0 Å². The molecule has 0 saturated heterocycles. The van der Waals surface area contributed by atoms with Gasteiger partial charge in [0.05, 0.1) is 12.3 Å². The van der Waals surface area contributed by atoms with Crippen molar-refractivity contribution in [2.24, 2.45) is 5.84 Å². The second-order valence-electron chi connectivity index (χ2n) is 3.67. The average molecular weight is 407 g/mol. The SMILES string of the molecule is NNC(Cc1ccco1)c1cc(I)ccc1Br. The summed E-state index contributed by atoms with van der Waals surface area (Å²) in [5.74, 6) is 6.54. The van der Waals surface area contributed by atoms with Crippen molar-refractivity contribution >= 4 is 38.5 Å². The molecule has 1 heterocycles. The number of rotatable bonds is 4. The van der Waals surface area contributed by atoms with E-state index in [0.717, 1.165) is 22.2 Å². The predicted molar refractivity (Wildman–Crippen MR) is 79.3 cm³/mol. The van der Waals surface area contributed by atoms with E-state index in [1.165, 1.54) is 3.57 Å². The number of hydrogen-bond donors (Lipinski definition) is 2. The number of nitrogens with two attached hydrogens (primary N) is 1. The number of nitrogens with one attached hydrogen (secondary N) is 1. The number of furan rings is 1. The number of hydrazine groups is 1. The van der Waals surface area contributed by atoms with E-state index in [-0.39, 0.29) is 6.04 Å². The summed E-state index contributed by atoms with van der Waals surface area (Å²) in [6.45, 7) is 0. The minimum atomic E-state index is 0.0326. The summed E-state index contributed by atoms with van der Waals surface area (Å²) in [5.41, 5.74) is 3.97. The van der Waals surface area contributed by atoms with E-state index in [2.05, 4.69) is 56.1 Å². The van der Waals surface area contributed by atoms with Crippen LogP contribution in [-0.4, -0.2) is 0 Å². The van der Waals surface area contributed by atoms with Gasteiger partial charge in [0.1, 0.15) is 5.76 Å². The Kier molecular flexibility index (Phi) is 4.61. The van der Waals surface area contributed by atoms with E-state index >= 15 is 0 Å². The third kappa shape index (κ3) is 3.31. The second kappa shape index (κ2) is 5.99. The predicted octanol–water partition coefficient (Wildman–Crippen LogP) is 3.39.